The molecule has 0 unspecified atom stereocenters. The average molecular weight is 282 g/mol. The molecule has 0 N–H and O–H groups in total. The number of rotatable bonds is 0. The molecule has 0 aromatic rings. The molecule has 0 aliphatic heterocycles. The molecule has 0 spiro atoms. The van der Waals surface area contributed by atoms with Gasteiger partial charge in [-0.2, -0.15) is 0 Å². The van der Waals surface area contributed by atoms with E-state index in [-0.39, 0.29) is 34.0 Å². The molecule has 0 saturated heterocycles. The predicted octanol–water partition coefficient (Wildman–Crippen LogP) is -0.0158. The van der Waals surface area contributed by atoms with E-state index >= 15 is 0 Å². The van der Waals surface area contributed by atoms with Crippen molar-refractivity contribution in [2.45, 2.75) is 0 Å². The zero-order chi connectivity index (χ0) is 3.58. The Hall–Kier alpha value is 1.46. The van der Waals surface area contributed by atoms with E-state index < -0.39 is 0 Å². The van der Waals surface area contributed by atoms with E-state index in [0.717, 1.165) is 16.7 Å². The van der Waals surface area contributed by atoms with Crippen LogP contribution < -0.4 is 0 Å². The second-order valence-electron chi connectivity index (χ2n) is 1.34. The van der Waals surface area contributed by atoms with Gasteiger partial charge in [0, 0.05) is 0 Å². The molecule has 0 fully saturated rings. The van der Waals surface area contributed by atoms with Crippen molar-refractivity contribution in [3.63, 3.8) is 0 Å². The molecular formula is C2H11Br2GeN. The van der Waals surface area contributed by atoms with Gasteiger partial charge in [-0.25, -0.2) is 0 Å². The fourth-order valence-corrected chi connectivity index (χ4v) is 0. The number of hydrogen-bond acceptors (Lipinski definition) is 1. The first-order chi connectivity index (χ1) is 1.73. The first kappa shape index (κ1) is 15.7. The molecule has 1 nitrogen and oxygen atoms in total. The fourth-order valence-electron chi connectivity index (χ4n) is 0. The summed E-state index contributed by atoms with van der Waals surface area (Å²) in [5.41, 5.74) is 0. The number of nitrogens with zero attached hydrogens (tertiary/aromatic N) is 1. The van der Waals surface area contributed by atoms with E-state index in [2.05, 4.69) is 18.0 Å². The van der Waals surface area contributed by atoms with Crippen LogP contribution in [0.3, 0.4) is 0 Å². The molecule has 0 radical (unpaired) electrons. The zero-order valence-electron chi connectivity index (χ0n) is 4.26. The van der Waals surface area contributed by atoms with E-state index in [1.165, 1.54) is 0 Å². The van der Waals surface area contributed by atoms with Crippen LogP contribution in [0.25, 0.3) is 0 Å². The number of halogens is 2. The van der Waals surface area contributed by atoms with Gasteiger partial charge in [-0.3, -0.25) is 0 Å². The van der Waals surface area contributed by atoms with Gasteiger partial charge in [0.1, 0.15) is 0 Å². The van der Waals surface area contributed by atoms with Crippen molar-refractivity contribution in [1.29, 1.82) is 0 Å². The molecule has 0 amide bonds. The molecule has 6 heavy (non-hydrogen) atoms. The van der Waals surface area contributed by atoms with Crippen LogP contribution >= 0.6 is 34.0 Å². The van der Waals surface area contributed by atoms with Crippen molar-refractivity contribution >= 4 is 50.7 Å². The molecule has 0 aromatic heterocycles. The molecule has 42 valence electrons. The molecule has 0 heterocycles. The van der Waals surface area contributed by atoms with Crippen molar-refractivity contribution in [3.8, 4) is 0 Å². The fraction of sp³-hybridized carbons (Fsp3) is 1.00. The Kier molecular flexibility index (Phi) is 25.3. The topological polar surface area (TPSA) is 3.24 Å². The third-order valence-corrected chi connectivity index (χ3v) is 0. The Morgan fingerprint density at radius 3 is 1.17 bits per heavy atom. The Labute approximate surface area is 68.5 Å². The Morgan fingerprint density at radius 2 is 1.17 bits per heavy atom. The third kappa shape index (κ3) is 50.8. The predicted molar refractivity (Wildman–Crippen MR) is 44.3 cm³/mol. The van der Waals surface area contributed by atoms with Crippen molar-refractivity contribution in [1.82, 2.24) is 3.86 Å². The summed E-state index contributed by atoms with van der Waals surface area (Å²) in [6.07, 6.45) is 0. The van der Waals surface area contributed by atoms with Crippen molar-refractivity contribution in [2.24, 2.45) is 0 Å². The van der Waals surface area contributed by atoms with Gasteiger partial charge in [-0.1, -0.05) is 0 Å². The van der Waals surface area contributed by atoms with Gasteiger partial charge in [0.05, 0.1) is 0 Å². The van der Waals surface area contributed by atoms with Gasteiger partial charge < -0.3 is 0 Å². The minimum atomic E-state index is 0. The molecule has 0 saturated carbocycles. The zero-order valence-corrected chi connectivity index (χ0v) is 11.9. The summed E-state index contributed by atoms with van der Waals surface area (Å²) in [6.45, 7) is 0. The van der Waals surface area contributed by atoms with Gasteiger partial charge >= 0.3 is 34.7 Å². The summed E-state index contributed by atoms with van der Waals surface area (Å²) >= 11 is 0.896. The monoisotopic (exact) mass is 281 g/mol. The summed E-state index contributed by atoms with van der Waals surface area (Å²) in [7, 11) is 4.17. The molecule has 0 aliphatic rings. The first-order valence-electron chi connectivity index (χ1n) is 1.34. The molecule has 0 aromatic carbocycles. The van der Waals surface area contributed by atoms with Crippen LogP contribution in [0.2, 0.25) is 0 Å². The van der Waals surface area contributed by atoms with Gasteiger partial charge in [-0.15, -0.1) is 34.0 Å². The van der Waals surface area contributed by atoms with Crippen LogP contribution in [0.15, 0.2) is 0 Å². The molecule has 0 atom stereocenters. The van der Waals surface area contributed by atoms with Crippen LogP contribution in [0, 0.1) is 0 Å². The van der Waals surface area contributed by atoms with Crippen LogP contribution in [0.4, 0.5) is 0 Å². The van der Waals surface area contributed by atoms with Gasteiger partial charge in [0.25, 0.3) is 0 Å². The van der Waals surface area contributed by atoms with Crippen molar-refractivity contribution < 1.29 is 0 Å². The summed E-state index contributed by atoms with van der Waals surface area (Å²) in [5, 5.41) is 0. The summed E-state index contributed by atoms with van der Waals surface area (Å²) in [6, 6.07) is 0. The average Bonchev–Trinajstić information content (AvgIpc) is 0.811. The minimum absolute atomic E-state index is 0. The molecule has 4 heteroatoms. The Morgan fingerprint density at radius 1 is 1.17 bits per heavy atom. The SMILES string of the molecule is Br.Br.C[N](C)[GeH3]. The Balaban J connectivity index is -0.0000000450. The van der Waals surface area contributed by atoms with Crippen LogP contribution in [0.1, 0.15) is 0 Å². The summed E-state index contributed by atoms with van der Waals surface area (Å²) < 4.78 is 2.19. The quantitative estimate of drug-likeness (QED) is 0.564. The van der Waals surface area contributed by atoms with E-state index in [4.69, 9.17) is 0 Å². The first-order valence-corrected chi connectivity index (χ1v) is 3.22. The third-order valence-electron chi connectivity index (χ3n) is 0. The van der Waals surface area contributed by atoms with Gasteiger partial charge in [0.2, 0.25) is 0 Å². The van der Waals surface area contributed by atoms with Gasteiger partial charge in [-0.05, 0) is 0 Å². The van der Waals surface area contributed by atoms with Crippen LogP contribution in [-0.2, 0) is 0 Å². The van der Waals surface area contributed by atoms with E-state index in [0.29, 0.717) is 0 Å². The molecule has 0 aliphatic carbocycles. The maximum atomic E-state index is 2.19. The molecule has 0 rings (SSSR count). The second kappa shape index (κ2) is 9.68. The Bertz CT molecular complexity index is 16.3. The summed E-state index contributed by atoms with van der Waals surface area (Å²) in [5.74, 6) is 0. The van der Waals surface area contributed by atoms with Crippen molar-refractivity contribution in [2.75, 3.05) is 14.1 Å². The van der Waals surface area contributed by atoms with Crippen molar-refractivity contribution in [3.05, 3.63) is 0 Å². The van der Waals surface area contributed by atoms with E-state index in [1.54, 1.807) is 0 Å². The van der Waals surface area contributed by atoms with Gasteiger partial charge in [0.15, 0.2) is 0 Å². The molecular weight excluding hydrogens is 270 g/mol. The van der Waals surface area contributed by atoms with Crippen LogP contribution in [0.5, 0.6) is 0 Å². The number of hydrogen-bond donors (Lipinski definition) is 0. The van der Waals surface area contributed by atoms with E-state index in [1.807, 2.05) is 0 Å². The summed E-state index contributed by atoms with van der Waals surface area (Å²) in [4.78, 5) is 0. The van der Waals surface area contributed by atoms with Crippen LogP contribution in [-0.4, -0.2) is 34.7 Å². The normalized spacial score (nSPS) is 6.50. The maximum absolute atomic E-state index is 2.19. The standard InChI is InChI=1S/C2H9GeN.2BrH/c1-4(2)3;;/h1-3H3;2*1H. The van der Waals surface area contributed by atoms with E-state index in [9.17, 15) is 0 Å². The molecule has 0 bridgehead atoms. The second-order valence-corrected chi connectivity index (χ2v) is 5.09.